The minimum Gasteiger partial charge on any atom is -0.383 e. The third kappa shape index (κ3) is 3.44. The molecule has 1 aliphatic rings. The summed E-state index contributed by atoms with van der Waals surface area (Å²) in [7, 11) is 1.74. The molecule has 1 atom stereocenters. The van der Waals surface area contributed by atoms with E-state index in [2.05, 4.69) is 4.90 Å². The van der Waals surface area contributed by atoms with Crippen LogP contribution in [0.1, 0.15) is 26.2 Å². The Morgan fingerprint density at radius 1 is 1.62 bits per heavy atom. The van der Waals surface area contributed by atoms with E-state index in [9.17, 15) is 4.79 Å². The zero-order chi connectivity index (χ0) is 9.68. The number of carbonyl (C=O) groups is 1. The van der Waals surface area contributed by atoms with Gasteiger partial charge >= 0.3 is 0 Å². The lowest BCUT2D eigenvalue weighted by atomic mass is 10.2. The highest BCUT2D eigenvalue weighted by Gasteiger charge is 2.23. The Morgan fingerprint density at radius 3 is 3.00 bits per heavy atom. The van der Waals surface area contributed by atoms with Gasteiger partial charge in [-0.1, -0.05) is 0 Å². The smallest absolute Gasteiger partial charge is 0.131 e. The molecule has 1 aliphatic heterocycles. The third-order valence-corrected chi connectivity index (χ3v) is 2.61. The van der Waals surface area contributed by atoms with Crippen molar-refractivity contribution in [2.45, 2.75) is 32.2 Å². The molecule has 0 spiro atoms. The number of Topliss-reactive ketones (excluding diaryl/α,β-unsaturated/α-hetero) is 1. The summed E-state index contributed by atoms with van der Waals surface area (Å²) in [6.07, 6.45) is 3.14. The van der Waals surface area contributed by atoms with E-state index in [0.717, 1.165) is 19.7 Å². The Bertz CT molecular complexity index is 170. The molecule has 1 heterocycles. The van der Waals surface area contributed by atoms with Crippen LogP contribution in [0.5, 0.6) is 0 Å². The van der Waals surface area contributed by atoms with Crippen LogP contribution in [0.2, 0.25) is 0 Å². The van der Waals surface area contributed by atoms with Crippen LogP contribution in [0.3, 0.4) is 0 Å². The minimum absolute atomic E-state index is 0.281. The maximum atomic E-state index is 10.8. The van der Waals surface area contributed by atoms with Crippen LogP contribution in [0.15, 0.2) is 0 Å². The standard InChI is InChI=1S/C10H19NO2/c1-9(12)5-7-11-6-3-4-10(11)8-13-2/h10H,3-8H2,1-2H3/t10-/m1/s1. The zero-order valence-corrected chi connectivity index (χ0v) is 8.58. The second-order valence-electron chi connectivity index (χ2n) is 3.74. The van der Waals surface area contributed by atoms with Gasteiger partial charge in [-0.2, -0.15) is 0 Å². The van der Waals surface area contributed by atoms with Crippen LogP contribution < -0.4 is 0 Å². The molecule has 0 unspecified atom stereocenters. The Morgan fingerprint density at radius 2 is 2.38 bits per heavy atom. The number of nitrogens with zero attached hydrogens (tertiary/aromatic N) is 1. The fraction of sp³-hybridized carbons (Fsp3) is 0.900. The van der Waals surface area contributed by atoms with Crippen LogP contribution in [0.4, 0.5) is 0 Å². The molecule has 0 bridgehead atoms. The van der Waals surface area contributed by atoms with Gasteiger partial charge < -0.3 is 4.74 Å². The predicted molar refractivity (Wildman–Crippen MR) is 51.8 cm³/mol. The van der Waals surface area contributed by atoms with Gasteiger partial charge in [-0.3, -0.25) is 9.69 Å². The number of ketones is 1. The van der Waals surface area contributed by atoms with Crippen LogP contribution in [0, 0.1) is 0 Å². The number of hydrogen-bond acceptors (Lipinski definition) is 3. The highest BCUT2D eigenvalue weighted by Crippen LogP contribution is 2.17. The molecule has 0 radical (unpaired) electrons. The Kier molecular flexibility index (Phi) is 4.39. The van der Waals surface area contributed by atoms with E-state index >= 15 is 0 Å². The normalized spacial score (nSPS) is 23.7. The second kappa shape index (κ2) is 5.35. The molecule has 1 rings (SSSR count). The monoisotopic (exact) mass is 185 g/mol. The lowest BCUT2D eigenvalue weighted by Crippen LogP contribution is -2.34. The first-order valence-corrected chi connectivity index (χ1v) is 4.96. The van der Waals surface area contributed by atoms with Gasteiger partial charge in [0.1, 0.15) is 5.78 Å². The average molecular weight is 185 g/mol. The largest absolute Gasteiger partial charge is 0.383 e. The zero-order valence-electron chi connectivity index (χ0n) is 8.58. The first-order chi connectivity index (χ1) is 6.24. The molecule has 0 aromatic rings. The van der Waals surface area contributed by atoms with Gasteiger partial charge in [0, 0.05) is 26.1 Å². The van der Waals surface area contributed by atoms with Crippen molar-refractivity contribution in [2.75, 3.05) is 26.8 Å². The summed E-state index contributed by atoms with van der Waals surface area (Å²) in [6, 6.07) is 0.546. The van der Waals surface area contributed by atoms with E-state index in [-0.39, 0.29) is 5.78 Å². The molecule has 3 nitrogen and oxygen atoms in total. The molecule has 0 aliphatic carbocycles. The number of ether oxygens (including phenoxy) is 1. The van der Waals surface area contributed by atoms with Gasteiger partial charge in [-0.15, -0.1) is 0 Å². The van der Waals surface area contributed by atoms with E-state index in [1.54, 1.807) is 14.0 Å². The van der Waals surface area contributed by atoms with Gasteiger partial charge in [0.25, 0.3) is 0 Å². The number of hydrogen-bond donors (Lipinski definition) is 0. The summed E-state index contributed by atoms with van der Waals surface area (Å²) in [5.41, 5.74) is 0. The molecule has 76 valence electrons. The van der Waals surface area contributed by atoms with E-state index in [1.165, 1.54) is 12.8 Å². The SMILES string of the molecule is COC[C@H]1CCCN1CCC(C)=O. The van der Waals surface area contributed by atoms with Crippen LogP contribution >= 0.6 is 0 Å². The van der Waals surface area contributed by atoms with Gasteiger partial charge in [-0.25, -0.2) is 0 Å². The lowest BCUT2D eigenvalue weighted by molar-refractivity contribution is -0.117. The molecule has 0 saturated carbocycles. The minimum atomic E-state index is 0.281. The third-order valence-electron chi connectivity index (χ3n) is 2.61. The number of likely N-dealkylation sites (tertiary alicyclic amines) is 1. The summed E-state index contributed by atoms with van der Waals surface area (Å²) in [5, 5.41) is 0. The number of carbonyl (C=O) groups excluding carboxylic acids is 1. The van der Waals surface area contributed by atoms with Crippen molar-refractivity contribution in [3.8, 4) is 0 Å². The van der Waals surface area contributed by atoms with Crippen molar-refractivity contribution in [1.82, 2.24) is 4.90 Å². The molecule has 13 heavy (non-hydrogen) atoms. The molecular weight excluding hydrogens is 166 g/mol. The highest BCUT2D eigenvalue weighted by molar-refractivity contribution is 5.75. The van der Waals surface area contributed by atoms with Gasteiger partial charge in [0.2, 0.25) is 0 Å². The number of methoxy groups -OCH3 is 1. The van der Waals surface area contributed by atoms with Gasteiger partial charge in [0.15, 0.2) is 0 Å². The summed E-state index contributed by atoms with van der Waals surface area (Å²) in [5.74, 6) is 0.281. The second-order valence-corrected chi connectivity index (χ2v) is 3.74. The van der Waals surface area contributed by atoms with Crippen molar-refractivity contribution in [3.05, 3.63) is 0 Å². The van der Waals surface area contributed by atoms with Crippen molar-refractivity contribution in [3.63, 3.8) is 0 Å². The summed E-state index contributed by atoms with van der Waals surface area (Å²) in [4.78, 5) is 13.2. The van der Waals surface area contributed by atoms with Crippen LogP contribution in [-0.4, -0.2) is 43.5 Å². The molecule has 1 fully saturated rings. The van der Waals surface area contributed by atoms with E-state index in [0.29, 0.717) is 12.5 Å². The Labute approximate surface area is 80.1 Å². The summed E-state index contributed by atoms with van der Waals surface area (Å²) in [6.45, 7) is 4.49. The van der Waals surface area contributed by atoms with Crippen LogP contribution in [-0.2, 0) is 9.53 Å². The highest BCUT2D eigenvalue weighted by atomic mass is 16.5. The van der Waals surface area contributed by atoms with Gasteiger partial charge in [0.05, 0.1) is 6.61 Å². The Hall–Kier alpha value is -0.410. The molecule has 3 heteroatoms. The van der Waals surface area contributed by atoms with Crippen molar-refractivity contribution >= 4 is 5.78 Å². The van der Waals surface area contributed by atoms with Crippen molar-refractivity contribution in [2.24, 2.45) is 0 Å². The fourth-order valence-electron chi connectivity index (χ4n) is 1.87. The predicted octanol–water partition coefficient (Wildman–Crippen LogP) is 1.08. The maximum Gasteiger partial charge on any atom is 0.131 e. The summed E-state index contributed by atoms with van der Waals surface area (Å²) < 4.78 is 5.14. The first kappa shape index (κ1) is 10.7. The maximum absolute atomic E-state index is 10.8. The van der Waals surface area contributed by atoms with Crippen LogP contribution in [0.25, 0.3) is 0 Å². The van der Waals surface area contributed by atoms with Gasteiger partial charge in [-0.05, 0) is 26.3 Å². The fourth-order valence-corrected chi connectivity index (χ4v) is 1.87. The van der Waals surface area contributed by atoms with E-state index < -0.39 is 0 Å². The topological polar surface area (TPSA) is 29.5 Å². The lowest BCUT2D eigenvalue weighted by Gasteiger charge is -2.22. The molecule has 0 amide bonds. The molecular formula is C10H19NO2. The van der Waals surface area contributed by atoms with Crippen molar-refractivity contribution in [1.29, 1.82) is 0 Å². The molecule has 0 N–H and O–H groups in total. The Balaban J connectivity index is 2.26. The van der Waals surface area contributed by atoms with E-state index in [4.69, 9.17) is 4.74 Å². The quantitative estimate of drug-likeness (QED) is 0.642. The van der Waals surface area contributed by atoms with E-state index in [1.807, 2.05) is 0 Å². The van der Waals surface area contributed by atoms with Crippen molar-refractivity contribution < 1.29 is 9.53 Å². The molecule has 0 aromatic heterocycles. The first-order valence-electron chi connectivity index (χ1n) is 4.96. The molecule has 1 saturated heterocycles. The molecule has 0 aromatic carbocycles. The number of rotatable bonds is 5. The average Bonchev–Trinajstić information content (AvgIpc) is 2.49. The summed E-state index contributed by atoms with van der Waals surface area (Å²) >= 11 is 0.